The molecule has 0 fully saturated rings. The smallest absolute Gasteiger partial charge is 0.101 e. The van der Waals surface area contributed by atoms with Crippen molar-refractivity contribution in [3.8, 4) is 0 Å². The molecule has 0 N–H and O–H groups in total. The first kappa shape index (κ1) is 6.32. The highest BCUT2D eigenvalue weighted by atomic mass is 35.5. The minimum absolute atomic E-state index is 0.338. The Morgan fingerprint density at radius 3 is 2.00 bits per heavy atom. The molecule has 0 aliphatic carbocycles. The van der Waals surface area contributed by atoms with Crippen molar-refractivity contribution >= 4 is 23.2 Å². The highest BCUT2D eigenvalue weighted by molar-refractivity contribution is 6.45. The Balaban J connectivity index is 3.03. The Labute approximate surface area is 47.8 Å². The molecule has 0 aromatic heterocycles. The molecule has 0 bridgehead atoms. The number of hydrogen-bond acceptors (Lipinski definition) is 0. The molecule has 0 rings (SSSR count). The highest BCUT2D eigenvalue weighted by Crippen LogP contribution is 2.00. The van der Waals surface area contributed by atoms with E-state index >= 15 is 0 Å². The van der Waals surface area contributed by atoms with Gasteiger partial charge in [0.05, 0.1) is 0 Å². The van der Waals surface area contributed by atoms with Crippen LogP contribution in [0, 0.1) is 0 Å². The van der Waals surface area contributed by atoms with E-state index in [2.05, 4.69) is 0 Å². The van der Waals surface area contributed by atoms with Gasteiger partial charge in [-0.2, -0.15) is 0 Å². The average Bonchev–Trinajstić information content (AvgIpc) is 1.35. The van der Waals surface area contributed by atoms with E-state index in [-0.39, 0.29) is 4.84 Å². The van der Waals surface area contributed by atoms with Crippen LogP contribution in [0.25, 0.3) is 0 Å². The zero-order valence-electron chi connectivity index (χ0n) is 3.49. The molecule has 0 aromatic carbocycles. The molecule has 6 heavy (non-hydrogen) atoms. The van der Waals surface area contributed by atoms with E-state index in [9.17, 15) is 0 Å². The van der Waals surface area contributed by atoms with E-state index < -0.39 is 0 Å². The van der Waals surface area contributed by atoms with E-state index in [1.165, 1.54) is 0 Å². The fourth-order valence-corrected chi connectivity index (χ4v) is 0.436. The number of rotatable bonds is 1. The van der Waals surface area contributed by atoms with Crippen LogP contribution in [0.4, 0.5) is 0 Å². The van der Waals surface area contributed by atoms with Gasteiger partial charge < -0.3 is 0 Å². The van der Waals surface area contributed by atoms with Crippen LogP contribution < -0.4 is 0 Å². The monoisotopic (exact) mass is 124 g/mol. The molecule has 0 saturated heterocycles. The summed E-state index contributed by atoms with van der Waals surface area (Å²) >= 11 is 10.5. The van der Waals surface area contributed by atoms with Crippen molar-refractivity contribution in [3.63, 3.8) is 0 Å². The molecule has 0 heterocycles. The van der Waals surface area contributed by atoms with Crippen molar-refractivity contribution in [3.05, 3.63) is 12.2 Å². The predicted octanol–water partition coefficient (Wildman–Crippen LogP) is 2.37. The summed E-state index contributed by atoms with van der Waals surface area (Å²) in [6.07, 6.45) is 3.51. The molecule has 36 valence electrons. The standard InChI is InChI=1S/C4H6Cl2/c1-2-3-4(5)6/h2-4H,1H3. The maximum absolute atomic E-state index is 5.26. The van der Waals surface area contributed by atoms with Gasteiger partial charge in [-0.15, -0.1) is 23.2 Å². The Morgan fingerprint density at radius 2 is 2.00 bits per heavy atom. The molecule has 0 spiro atoms. The SMILES string of the molecule is CC=CC(Cl)Cl. The number of hydrogen-bond donors (Lipinski definition) is 0. The van der Waals surface area contributed by atoms with Crippen molar-refractivity contribution in [1.82, 2.24) is 0 Å². The van der Waals surface area contributed by atoms with Gasteiger partial charge in [-0.25, -0.2) is 0 Å². The molecule has 0 atom stereocenters. The second kappa shape index (κ2) is 3.51. The van der Waals surface area contributed by atoms with Crippen LogP contribution in [0.3, 0.4) is 0 Å². The van der Waals surface area contributed by atoms with Gasteiger partial charge in [0.15, 0.2) is 0 Å². The molecule has 0 aliphatic heterocycles. The summed E-state index contributed by atoms with van der Waals surface area (Å²) in [7, 11) is 0. The second-order valence-electron chi connectivity index (χ2n) is 0.860. The Bertz CT molecular complexity index is 47.5. The molecule has 0 aliphatic rings. The van der Waals surface area contributed by atoms with Crippen molar-refractivity contribution in [2.45, 2.75) is 11.8 Å². The van der Waals surface area contributed by atoms with Gasteiger partial charge in [0.2, 0.25) is 0 Å². The summed E-state index contributed by atoms with van der Waals surface area (Å²) < 4.78 is 0. The summed E-state index contributed by atoms with van der Waals surface area (Å²) in [4.78, 5) is -0.338. The fourth-order valence-electron chi connectivity index (χ4n) is 0.145. The number of alkyl halides is 2. The summed E-state index contributed by atoms with van der Waals surface area (Å²) in [5.41, 5.74) is 0. The van der Waals surface area contributed by atoms with Gasteiger partial charge in [0, 0.05) is 0 Å². The van der Waals surface area contributed by atoms with Gasteiger partial charge in [0.1, 0.15) is 4.84 Å². The van der Waals surface area contributed by atoms with Crippen LogP contribution in [0.1, 0.15) is 6.92 Å². The van der Waals surface area contributed by atoms with Crippen molar-refractivity contribution < 1.29 is 0 Å². The van der Waals surface area contributed by atoms with Crippen LogP contribution in [0.5, 0.6) is 0 Å². The number of allylic oxidation sites excluding steroid dienone is 2. The first-order chi connectivity index (χ1) is 2.77. The Morgan fingerprint density at radius 1 is 1.50 bits per heavy atom. The lowest BCUT2D eigenvalue weighted by Gasteiger charge is -1.81. The molecule has 0 saturated carbocycles. The molecule has 0 unspecified atom stereocenters. The first-order valence-electron chi connectivity index (χ1n) is 1.68. The van der Waals surface area contributed by atoms with Gasteiger partial charge in [-0.1, -0.05) is 12.2 Å². The minimum Gasteiger partial charge on any atom is -0.101 e. The number of halogens is 2. The van der Waals surface area contributed by atoms with E-state index in [4.69, 9.17) is 23.2 Å². The summed E-state index contributed by atoms with van der Waals surface area (Å²) in [5.74, 6) is 0. The average molecular weight is 125 g/mol. The maximum Gasteiger partial charge on any atom is 0.125 e. The zero-order chi connectivity index (χ0) is 4.99. The Hall–Kier alpha value is 0.320. The first-order valence-corrected chi connectivity index (χ1v) is 2.55. The largest absolute Gasteiger partial charge is 0.125 e. The third-order valence-electron chi connectivity index (χ3n) is 0.338. The van der Waals surface area contributed by atoms with Gasteiger partial charge in [-0.3, -0.25) is 0 Å². The molecule has 0 amide bonds. The maximum atomic E-state index is 5.26. The van der Waals surface area contributed by atoms with Crippen molar-refractivity contribution in [2.75, 3.05) is 0 Å². The van der Waals surface area contributed by atoms with Gasteiger partial charge in [-0.05, 0) is 6.92 Å². The van der Waals surface area contributed by atoms with Crippen LogP contribution in [0.2, 0.25) is 0 Å². The lowest BCUT2D eigenvalue weighted by atomic mass is 10.6. The van der Waals surface area contributed by atoms with E-state index in [0.717, 1.165) is 0 Å². The topological polar surface area (TPSA) is 0 Å². The summed E-state index contributed by atoms with van der Waals surface area (Å²) in [6.45, 7) is 1.87. The van der Waals surface area contributed by atoms with Gasteiger partial charge >= 0.3 is 0 Å². The minimum atomic E-state index is -0.338. The third kappa shape index (κ3) is 4.32. The molecule has 2 heteroatoms. The fraction of sp³-hybridized carbons (Fsp3) is 0.500. The molecule has 0 radical (unpaired) electrons. The highest BCUT2D eigenvalue weighted by Gasteiger charge is 1.83. The lowest BCUT2D eigenvalue weighted by Crippen LogP contribution is -1.71. The predicted molar refractivity (Wildman–Crippen MR) is 30.3 cm³/mol. The van der Waals surface area contributed by atoms with Crippen LogP contribution >= 0.6 is 23.2 Å². The van der Waals surface area contributed by atoms with Crippen molar-refractivity contribution in [2.24, 2.45) is 0 Å². The normalized spacial score (nSPS) is 11.3. The van der Waals surface area contributed by atoms with Gasteiger partial charge in [0.25, 0.3) is 0 Å². The Kier molecular flexibility index (Phi) is 3.70. The third-order valence-corrected chi connectivity index (χ3v) is 0.629. The van der Waals surface area contributed by atoms with Crippen LogP contribution in [-0.4, -0.2) is 4.84 Å². The zero-order valence-corrected chi connectivity index (χ0v) is 5.00. The molecule has 0 aromatic rings. The quantitative estimate of drug-likeness (QED) is 0.372. The molecule has 0 nitrogen and oxygen atoms in total. The summed E-state index contributed by atoms with van der Waals surface area (Å²) in [6, 6.07) is 0. The van der Waals surface area contributed by atoms with Crippen molar-refractivity contribution in [1.29, 1.82) is 0 Å². The van der Waals surface area contributed by atoms with E-state index in [1.54, 1.807) is 6.08 Å². The van der Waals surface area contributed by atoms with Crippen LogP contribution in [-0.2, 0) is 0 Å². The van der Waals surface area contributed by atoms with E-state index in [0.29, 0.717) is 0 Å². The second-order valence-corrected chi connectivity index (χ2v) is 2.02. The van der Waals surface area contributed by atoms with E-state index in [1.807, 2.05) is 13.0 Å². The van der Waals surface area contributed by atoms with Crippen LogP contribution in [0.15, 0.2) is 12.2 Å². The molecular weight excluding hydrogens is 119 g/mol. The lowest BCUT2D eigenvalue weighted by molar-refractivity contribution is 1.56. The molecular formula is C4H6Cl2. The summed E-state index contributed by atoms with van der Waals surface area (Å²) in [5, 5.41) is 0.